The number of benzene rings is 2. The number of nitrogens with one attached hydrogen (secondary N) is 1. The number of hydrogen-bond acceptors (Lipinski definition) is 8. The molecule has 0 atom stereocenters. The summed E-state index contributed by atoms with van der Waals surface area (Å²) >= 11 is 6.50. The molecule has 0 aliphatic carbocycles. The van der Waals surface area contributed by atoms with Crippen LogP contribution in [0.5, 0.6) is 23.0 Å². The molecule has 1 aliphatic heterocycles. The van der Waals surface area contributed by atoms with E-state index >= 15 is 0 Å². The Labute approximate surface area is 218 Å². The van der Waals surface area contributed by atoms with Crippen molar-refractivity contribution >= 4 is 39.9 Å². The molecule has 1 N–H and O–H groups in total. The Hall–Kier alpha value is -4.37. The largest absolute Gasteiger partial charge is 0.493 e. The van der Waals surface area contributed by atoms with E-state index in [1.807, 2.05) is 31.2 Å². The first kappa shape index (κ1) is 24.3. The fraction of sp³-hybridized carbons (Fsp3) is 0.185. The van der Waals surface area contributed by atoms with Crippen molar-refractivity contribution in [1.82, 2.24) is 19.9 Å². The average molecular weight is 518 g/mol. The van der Waals surface area contributed by atoms with E-state index < -0.39 is 0 Å². The van der Waals surface area contributed by atoms with Crippen LogP contribution in [0.3, 0.4) is 0 Å². The number of hydrogen-bond donors (Lipinski definition) is 1. The molecule has 0 bridgehead atoms. The summed E-state index contributed by atoms with van der Waals surface area (Å²) in [6.07, 6.45) is 4.27. The number of halogens is 1. The number of ether oxygens (including phenoxy) is 3. The highest BCUT2D eigenvalue weighted by Gasteiger charge is 2.31. The Bertz CT molecular complexity index is 1470. The molecule has 1 fully saturated rings. The van der Waals surface area contributed by atoms with Gasteiger partial charge in [-0.1, -0.05) is 18.2 Å². The maximum Gasteiger partial charge on any atom is 0.246 e. The van der Waals surface area contributed by atoms with Crippen molar-refractivity contribution in [3.05, 3.63) is 78.4 Å². The predicted molar refractivity (Wildman–Crippen MR) is 141 cm³/mol. The van der Waals surface area contributed by atoms with Crippen LogP contribution in [0.1, 0.15) is 5.69 Å². The van der Waals surface area contributed by atoms with Crippen LogP contribution >= 0.6 is 11.6 Å². The van der Waals surface area contributed by atoms with E-state index in [0.29, 0.717) is 52.4 Å². The van der Waals surface area contributed by atoms with Gasteiger partial charge in [-0.15, -0.1) is 0 Å². The first-order valence-corrected chi connectivity index (χ1v) is 11.9. The van der Waals surface area contributed by atoms with Crippen LogP contribution in [0.2, 0.25) is 5.02 Å². The molecule has 2 aromatic carbocycles. The molecule has 2 aromatic heterocycles. The van der Waals surface area contributed by atoms with Crippen LogP contribution in [-0.2, 0) is 4.79 Å². The minimum absolute atomic E-state index is 0.115. The van der Waals surface area contributed by atoms with Crippen LogP contribution < -0.4 is 19.5 Å². The molecule has 0 unspecified atom stereocenters. The highest BCUT2D eigenvalue weighted by Crippen LogP contribution is 2.37. The Morgan fingerprint density at radius 3 is 2.65 bits per heavy atom. The summed E-state index contributed by atoms with van der Waals surface area (Å²) in [5, 5.41) is 4.46. The predicted octanol–water partition coefficient (Wildman–Crippen LogP) is 5.31. The van der Waals surface area contributed by atoms with Crippen LogP contribution in [0.25, 0.3) is 10.9 Å². The molecule has 5 rings (SSSR count). The number of aromatic nitrogens is 3. The molecule has 1 amide bonds. The van der Waals surface area contributed by atoms with Gasteiger partial charge in [0.2, 0.25) is 5.91 Å². The molecular weight excluding hydrogens is 494 g/mol. The van der Waals surface area contributed by atoms with Crippen LogP contribution in [0.4, 0.5) is 11.5 Å². The first-order valence-electron chi connectivity index (χ1n) is 11.5. The Kier molecular flexibility index (Phi) is 6.78. The minimum Gasteiger partial charge on any atom is -0.493 e. The number of carbonyl (C=O) groups is 1. The Balaban J connectivity index is 1.37. The molecule has 4 aromatic rings. The molecule has 0 spiro atoms. The molecule has 37 heavy (non-hydrogen) atoms. The molecular formula is C27H24ClN5O4. The molecule has 9 nitrogen and oxygen atoms in total. The first-order chi connectivity index (χ1) is 17.9. The van der Waals surface area contributed by atoms with E-state index in [0.717, 1.165) is 16.8 Å². The van der Waals surface area contributed by atoms with Crippen molar-refractivity contribution in [3.63, 3.8) is 0 Å². The van der Waals surface area contributed by atoms with Gasteiger partial charge in [0.05, 0.1) is 36.9 Å². The highest BCUT2D eigenvalue weighted by molar-refractivity contribution is 6.32. The normalized spacial score (nSPS) is 13.1. The second kappa shape index (κ2) is 10.3. The van der Waals surface area contributed by atoms with Gasteiger partial charge >= 0.3 is 0 Å². The SMILES string of the molecule is C=CC(=O)N1CC(Oc2cc3c(Nc4ccc(Oc5ccc(C)nc5)c(Cl)c4)ncnc3cc2OC)C1. The second-order valence-corrected chi connectivity index (χ2v) is 8.84. The monoisotopic (exact) mass is 517 g/mol. The smallest absolute Gasteiger partial charge is 0.246 e. The summed E-state index contributed by atoms with van der Waals surface area (Å²) in [6, 6.07) is 12.7. The number of aryl methyl sites for hydroxylation is 1. The molecule has 0 saturated carbocycles. The van der Waals surface area contributed by atoms with Crippen molar-refractivity contribution in [2.24, 2.45) is 0 Å². The third-order valence-electron chi connectivity index (χ3n) is 5.86. The molecule has 10 heteroatoms. The zero-order valence-electron chi connectivity index (χ0n) is 20.3. The van der Waals surface area contributed by atoms with Gasteiger partial charge in [-0.2, -0.15) is 0 Å². The average Bonchev–Trinajstić information content (AvgIpc) is 2.88. The van der Waals surface area contributed by atoms with E-state index in [2.05, 4.69) is 26.8 Å². The zero-order valence-corrected chi connectivity index (χ0v) is 21.0. The number of carbonyl (C=O) groups excluding carboxylic acids is 1. The summed E-state index contributed by atoms with van der Waals surface area (Å²) in [7, 11) is 1.57. The van der Waals surface area contributed by atoms with E-state index in [9.17, 15) is 4.79 Å². The van der Waals surface area contributed by atoms with Gasteiger partial charge in [-0.3, -0.25) is 9.78 Å². The van der Waals surface area contributed by atoms with Crippen molar-refractivity contribution in [3.8, 4) is 23.0 Å². The third kappa shape index (κ3) is 5.26. The number of methoxy groups -OCH3 is 1. The van der Waals surface area contributed by atoms with E-state index in [4.69, 9.17) is 25.8 Å². The van der Waals surface area contributed by atoms with Gasteiger partial charge in [0, 0.05) is 22.8 Å². The van der Waals surface area contributed by atoms with Crippen LogP contribution in [0, 0.1) is 6.92 Å². The molecule has 1 aliphatic rings. The summed E-state index contributed by atoms with van der Waals surface area (Å²) < 4.78 is 17.5. The Morgan fingerprint density at radius 1 is 1.11 bits per heavy atom. The van der Waals surface area contributed by atoms with Gasteiger partial charge < -0.3 is 24.4 Å². The van der Waals surface area contributed by atoms with Gasteiger partial charge in [-0.25, -0.2) is 9.97 Å². The number of pyridine rings is 1. The van der Waals surface area contributed by atoms with Crippen molar-refractivity contribution < 1.29 is 19.0 Å². The summed E-state index contributed by atoms with van der Waals surface area (Å²) in [6.45, 7) is 6.39. The number of likely N-dealkylation sites (tertiary alicyclic amines) is 1. The number of fused-ring (bicyclic) bond motifs is 1. The lowest BCUT2D eigenvalue weighted by Crippen LogP contribution is -2.55. The third-order valence-corrected chi connectivity index (χ3v) is 6.15. The summed E-state index contributed by atoms with van der Waals surface area (Å²) in [4.78, 5) is 26.4. The molecule has 1 saturated heterocycles. The zero-order chi connectivity index (χ0) is 25.9. The van der Waals surface area contributed by atoms with Crippen molar-refractivity contribution in [1.29, 1.82) is 0 Å². The number of rotatable bonds is 8. The highest BCUT2D eigenvalue weighted by atomic mass is 35.5. The maximum atomic E-state index is 11.7. The van der Waals surface area contributed by atoms with Gasteiger partial charge in [-0.05, 0) is 49.4 Å². The molecule has 188 valence electrons. The number of nitrogens with zero attached hydrogens (tertiary/aromatic N) is 4. The second-order valence-electron chi connectivity index (χ2n) is 8.44. The summed E-state index contributed by atoms with van der Waals surface area (Å²) in [5.74, 6) is 2.64. The van der Waals surface area contributed by atoms with Crippen LogP contribution in [0.15, 0.2) is 67.6 Å². The fourth-order valence-corrected chi connectivity index (χ4v) is 4.08. The molecule has 0 radical (unpaired) electrons. The van der Waals surface area contributed by atoms with E-state index in [-0.39, 0.29) is 12.0 Å². The van der Waals surface area contributed by atoms with Crippen molar-refractivity contribution in [2.75, 3.05) is 25.5 Å². The number of anilines is 2. The van der Waals surface area contributed by atoms with Gasteiger partial charge in [0.1, 0.15) is 29.7 Å². The van der Waals surface area contributed by atoms with Gasteiger partial charge in [0.15, 0.2) is 11.5 Å². The number of amides is 1. The Morgan fingerprint density at radius 2 is 1.95 bits per heavy atom. The lowest BCUT2D eigenvalue weighted by Gasteiger charge is -2.38. The lowest BCUT2D eigenvalue weighted by molar-refractivity contribution is -0.134. The minimum atomic E-state index is -0.147. The van der Waals surface area contributed by atoms with Gasteiger partial charge in [0.25, 0.3) is 0 Å². The van der Waals surface area contributed by atoms with E-state index in [1.54, 1.807) is 36.4 Å². The quantitative estimate of drug-likeness (QED) is 0.314. The summed E-state index contributed by atoms with van der Waals surface area (Å²) in [5.41, 5.74) is 2.30. The standard InChI is InChI=1S/C27H24ClN5O4/c1-4-26(34)33-13-19(14-33)37-25-10-20-22(11-24(25)35-3)30-15-31-27(20)32-17-6-8-23(21(28)9-17)36-18-7-5-16(2)29-12-18/h4-12,15,19H,1,13-14H2,2-3H3,(H,30,31,32). The lowest BCUT2D eigenvalue weighted by atomic mass is 10.1. The maximum absolute atomic E-state index is 11.7. The van der Waals surface area contributed by atoms with Crippen molar-refractivity contribution in [2.45, 2.75) is 13.0 Å². The van der Waals surface area contributed by atoms with E-state index in [1.165, 1.54) is 12.4 Å². The topological polar surface area (TPSA) is 98.7 Å². The molecule has 3 heterocycles. The fourth-order valence-electron chi connectivity index (χ4n) is 3.86. The van der Waals surface area contributed by atoms with Crippen LogP contribution in [-0.4, -0.2) is 52.1 Å².